The van der Waals surface area contributed by atoms with E-state index in [1.54, 1.807) is 24.2 Å². The van der Waals surface area contributed by atoms with Gasteiger partial charge in [-0.2, -0.15) is 0 Å². The number of thioether (sulfide) groups is 1. The van der Waals surface area contributed by atoms with Crippen LogP contribution < -0.4 is 10.6 Å². The Labute approximate surface area is 160 Å². The van der Waals surface area contributed by atoms with Gasteiger partial charge in [-0.05, 0) is 12.5 Å². The Hall–Kier alpha value is -2.32. The van der Waals surface area contributed by atoms with E-state index in [1.807, 2.05) is 38.1 Å². The van der Waals surface area contributed by atoms with Crippen LogP contribution in [0.5, 0.6) is 0 Å². The summed E-state index contributed by atoms with van der Waals surface area (Å²) in [4.78, 5) is 20.5. The first-order chi connectivity index (χ1) is 12.6. The molecule has 2 N–H and O–H groups in total. The predicted molar refractivity (Wildman–Crippen MR) is 105 cm³/mol. The molecule has 0 saturated carbocycles. The molecular formula is C18H20N4O2S2. The van der Waals surface area contributed by atoms with Crippen molar-refractivity contribution in [2.75, 3.05) is 5.32 Å². The van der Waals surface area contributed by atoms with E-state index in [0.29, 0.717) is 23.3 Å². The van der Waals surface area contributed by atoms with Gasteiger partial charge in [-0.25, -0.2) is 14.8 Å². The number of hydrogen-bond acceptors (Lipinski definition) is 6. The van der Waals surface area contributed by atoms with Crippen molar-refractivity contribution in [2.24, 2.45) is 0 Å². The van der Waals surface area contributed by atoms with Gasteiger partial charge in [-0.15, -0.1) is 11.8 Å². The number of carbonyl (C=O) groups is 1. The van der Waals surface area contributed by atoms with Crippen LogP contribution in [0.25, 0.3) is 0 Å². The maximum absolute atomic E-state index is 12.0. The minimum Gasteiger partial charge on any atom is -0.445 e. The predicted octanol–water partition coefficient (Wildman–Crippen LogP) is 4.62. The van der Waals surface area contributed by atoms with Crippen LogP contribution in [0.4, 0.5) is 9.93 Å². The van der Waals surface area contributed by atoms with Crippen molar-refractivity contribution in [3.8, 4) is 0 Å². The van der Waals surface area contributed by atoms with Gasteiger partial charge in [0.25, 0.3) is 0 Å². The monoisotopic (exact) mass is 388 g/mol. The summed E-state index contributed by atoms with van der Waals surface area (Å²) in [6.45, 7) is 4.54. The number of thiazole rings is 1. The van der Waals surface area contributed by atoms with Crippen molar-refractivity contribution in [3.05, 3.63) is 59.4 Å². The Balaban J connectivity index is 1.45. The van der Waals surface area contributed by atoms with E-state index in [2.05, 4.69) is 20.6 Å². The number of rotatable bonds is 7. The maximum atomic E-state index is 12.0. The van der Waals surface area contributed by atoms with Gasteiger partial charge in [0.15, 0.2) is 5.13 Å². The van der Waals surface area contributed by atoms with Crippen LogP contribution in [0.3, 0.4) is 0 Å². The molecule has 1 aromatic carbocycles. The zero-order valence-electron chi connectivity index (χ0n) is 14.6. The molecule has 0 radical (unpaired) electrons. The fourth-order valence-electron chi connectivity index (χ4n) is 2.12. The lowest BCUT2D eigenvalue weighted by atomic mass is 10.1. The van der Waals surface area contributed by atoms with E-state index in [0.717, 1.165) is 22.0 Å². The van der Waals surface area contributed by atoms with Crippen molar-refractivity contribution in [2.45, 2.75) is 36.8 Å². The highest BCUT2D eigenvalue weighted by Gasteiger charge is 2.09. The molecule has 0 spiro atoms. The first kappa shape index (κ1) is 18.5. The van der Waals surface area contributed by atoms with Crippen LogP contribution in [0.15, 0.2) is 45.3 Å². The number of oxazole rings is 1. The van der Waals surface area contributed by atoms with E-state index in [4.69, 9.17) is 4.42 Å². The summed E-state index contributed by atoms with van der Waals surface area (Å²) in [5.74, 6) is 2.23. The minimum absolute atomic E-state index is 0.267. The lowest BCUT2D eigenvalue weighted by molar-refractivity contribution is 0.251. The average Bonchev–Trinajstić information content (AvgIpc) is 3.28. The first-order valence-corrected chi connectivity index (χ1v) is 10.0. The van der Waals surface area contributed by atoms with Crippen LogP contribution >= 0.6 is 23.1 Å². The Bertz CT molecular complexity index is 858. The van der Waals surface area contributed by atoms with E-state index in [1.165, 1.54) is 16.9 Å². The quantitative estimate of drug-likeness (QED) is 0.578. The van der Waals surface area contributed by atoms with Gasteiger partial charge in [0.1, 0.15) is 5.76 Å². The van der Waals surface area contributed by atoms with Crippen LogP contribution in [-0.2, 0) is 18.7 Å². The van der Waals surface area contributed by atoms with Crippen LogP contribution in [0.1, 0.15) is 29.7 Å². The number of hydrogen-bond donors (Lipinski definition) is 2. The molecule has 0 saturated heterocycles. The van der Waals surface area contributed by atoms with Gasteiger partial charge in [-0.3, -0.25) is 5.32 Å². The third-order valence-electron chi connectivity index (χ3n) is 3.57. The summed E-state index contributed by atoms with van der Waals surface area (Å²) in [6, 6.07) is 7.78. The molecule has 2 aromatic heterocycles. The van der Waals surface area contributed by atoms with Crippen molar-refractivity contribution < 1.29 is 9.21 Å². The zero-order valence-corrected chi connectivity index (χ0v) is 16.2. The van der Waals surface area contributed by atoms with Crippen molar-refractivity contribution in [3.63, 3.8) is 0 Å². The number of anilines is 1. The van der Waals surface area contributed by atoms with Gasteiger partial charge < -0.3 is 9.73 Å². The van der Waals surface area contributed by atoms with Gasteiger partial charge in [0.2, 0.25) is 5.89 Å². The summed E-state index contributed by atoms with van der Waals surface area (Å²) < 4.78 is 6.58. The van der Waals surface area contributed by atoms with E-state index < -0.39 is 0 Å². The lowest BCUT2D eigenvalue weighted by Gasteiger charge is -2.05. The molecule has 136 valence electrons. The smallest absolute Gasteiger partial charge is 0.321 e. The number of urea groups is 1. The zero-order chi connectivity index (χ0) is 18.4. The van der Waals surface area contributed by atoms with E-state index >= 15 is 0 Å². The molecule has 0 fully saturated rings. The van der Waals surface area contributed by atoms with E-state index in [9.17, 15) is 4.79 Å². The van der Waals surface area contributed by atoms with Gasteiger partial charge in [0, 0.05) is 13.0 Å². The molecule has 8 heteroatoms. The summed E-state index contributed by atoms with van der Waals surface area (Å²) in [7, 11) is 0. The molecule has 0 bridgehead atoms. The van der Waals surface area contributed by atoms with Gasteiger partial charge in [0.05, 0.1) is 22.4 Å². The number of benzene rings is 1. The number of carbonyl (C=O) groups excluding carboxylic acids is 1. The number of aromatic nitrogens is 2. The molecule has 26 heavy (non-hydrogen) atoms. The summed E-state index contributed by atoms with van der Waals surface area (Å²) in [6.07, 6.45) is 4.34. The maximum Gasteiger partial charge on any atom is 0.321 e. The molecule has 2 amide bonds. The Kier molecular flexibility index (Phi) is 6.30. The molecule has 0 aliphatic rings. The number of nitrogens with zero attached hydrogens (tertiary/aromatic N) is 2. The molecule has 0 atom stereocenters. The number of aryl methyl sites for hydroxylation is 2. The third-order valence-corrected chi connectivity index (χ3v) is 5.66. The Morgan fingerprint density at radius 3 is 2.77 bits per heavy atom. The SMILES string of the molecule is CCc1cnc(CSc2cnc(NC(=O)NCc3ccc(C)cc3)s2)o1. The molecule has 0 unspecified atom stereocenters. The molecular weight excluding hydrogens is 368 g/mol. The second-order valence-corrected chi connectivity index (χ2v) is 7.95. The molecule has 0 aliphatic carbocycles. The normalized spacial score (nSPS) is 10.7. The largest absolute Gasteiger partial charge is 0.445 e. The third kappa shape index (κ3) is 5.34. The Morgan fingerprint density at radius 2 is 2.04 bits per heavy atom. The highest BCUT2D eigenvalue weighted by molar-refractivity contribution is 8.00. The summed E-state index contributed by atoms with van der Waals surface area (Å²) in [5, 5.41) is 6.15. The van der Waals surface area contributed by atoms with Crippen molar-refractivity contribution in [1.29, 1.82) is 0 Å². The van der Waals surface area contributed by atoms with Crippen molar-refractivity contribution in [1.82, 2.24) is 15.3 Å². The minimum atomic E-state index is -0.267. The highest BCUT2D eigenvalue weighted by Crippen LogP contribution is 2.30. The lowest BCUT2D eigenvalue weighted by Crippen LogP contribution is -2.28. The summed E-state index contributed by atoms with van der Waals surface area (Å²) >= 11 is 3.01. The standard InChI is InChI=1S/C18H20N4O2S2/c1-3-14-9-19-15(24-14)11-25-16-10-21-18(26-16)22-17(23)20-8-13-6-4-12(2)5-7-13/h4-7,9-10H,3,8,11H2,1-2H3,(H2,20,21,22,23). The Morgan fingerprint density at radius 1 is 1.23 bits per heavy atom. The molecule has 2 heterocycles. The second-order valence-electron chi connectivity index (χ2n) is 5.64. The number of nitrogens with one attached hydrogen (secondary N) is 2. The fraction of sp³-hybridized carbons (Fsp3) is 0.278. The van der Waals surface area contributed by atoms with Gasteiger partial charge >= 0.3 is 6.03 Å². The second kappa shape index (κ2) is 8.86. The molecule has 0 aliphatic heterocycles. The van der Waals surface area contributed by atoms with Crippen LogP contribution in [-0.4, -0.2) is 16.0 Å². The van der Waals surface area contributed by atoms with E-state index in [-0.39, 0.29) is 6.03 Å². The summed E-state index contributed by atoms with van der Waals surface area (Å²) in [5.41, 5.74) is 2.25. The van der Waals surface area contributed by atoms with Crippen LogP contribution in [0, 0.1) is 6.92 Å². The molecule has 6 nitrogen and oxygen atoms in total. The fourth-order valence-corrected chi connectivity index (χ4v) is 3.85. The number of amides is 2. The average molecular weight is 389 g/mol. The highest BCUT2D eigenvalue weighted by atomic mass is 32.2. The van der Waals surface area contributed by atoms with Gasteiger partial charge in [-0.1, -0.05) is 48.1 Å². The van der Waals surface area contributed by atoms with Crippen LogP contribution in [0.2, 0.25) is 0 Å². The topological polar surface area (TPSA) is 80.0 Å². The van der Waals surface area contributed by atoms with Crippen molar-refractivity contribution >= 4 is 34.3 Å². The first-order valence-electron chi connectivity index (χ1n) is 8.25. The molecule has 3 aromatic rings. The molecule has 3 rings (SSSR count).